The van der Waals surface area contributed by atoms with Crippen LogP contribution in [0.2, 0.25) is 0 Å². The van der Waals surface area contributed by atoms with Crippen LogP contribution in [0.4, 0.5) is 17.1 Å². The Labute approximate surface area is 372 Å². The highest BCUT2D eigenvalue weighted by Crippen LogP contribution is 2.70. The van der Waals surface area contributed by atoms with Crippen LogP contribution in [0.15, 0.2) is 188 Å². The largest absolute Gasteiger partial charge is 0.310 e. The van der Waals surface area contributed by atoms with Crippen molar-refractivity contribution in [2.45, 2.75) is 62.2 Å². The van der Waals surface area contributed by atoms with E-state index < -0.39 is 5.41 Å². The second kappa shape index (κ2) is 12.8. The molecule has 4 saturated carbocycles. The lowest BCUT2D eigenvalue weighted by Gasteiger charge is -2.61. The highest BCUT2D eigenvalue weighted by atomic mass is 15.1. The van der Waals surface area contributed by atoms with Gasteiger partial charge in [0, 0.05) is 27.8 Å². The molecule has 0 unspecified atom stereocenters. The monoisotopic (exact) mass is 809 g/mol. The van der Waals surface area contributed by atoms with Crippen molar-refractivity contribution < 1.29 is 0 Å². The maximum Gasteiger partial charge on any atom is 0.0720 e. The number of rotatable bonds is 4. The van der Waals surface area contributed by atoms with E-state index in [1.165, 1.54) is 116 Å². The molecule has 0 N–H and O–H groups in total. The highest BCUT2D eigenvalue weighted by molar-refractivity contribution is 5.95. The van der Waals surface area contributed by atoms with Crippen molar-refractivity contribution in [1.29, 1.82) is 0 Å². The molecule has 8 aromatic rings. The van der Waals surface area contributed by atoms with Gasteiger partial charge >= 0.3 is 0 Å². The molecule has 4 fully saturated rings. The number of hydrogen-bond acceptors (Lipinski definition) is 1. The fraction of sp³-hybridized carbons (Fsp3) is 0.226. The molecule has 2 spiro atoms. The van der Waals surface area contributed by atoms with Gasteiger partial charge in [-0.1, -0.05) is 172 Å². The lowest BCUT2D eigenvalue weighted by molar-refractivity contribution is -0.0399. The fourth-order valence-electron chi connectivity index (χ4n) is 15.2. The first-order chi connectivity index (χ1) is 31.0. The number of anilines is 3. The summed E-state index contributed by atoms with van der Waals surface area (Å²) in [6.45, 7) is 4.83. The molecule has 7 aliphatic rings. The van der Waals surface area contributed by atoms with E-state index in [4.69, 9.17) is 0 Å². The first kappa shape index (κ1) is 36.1. The third kappa shape index (κ3) is 4.58. The second-order valence-corrected chi connectivity index (χ2v) is 20.4. The van der Waals surface area contributed by atoms with Gasteiger partial charge in [-0.25, -0.2) is 0 Å². The van der Waals surface area contributed by atoms with Crippen LogP contribution in [0, 0.1) is 23.7 Å². The zero-order valence-electron chi connectivity index (χ0n) is 36.2. The molecule has 0 aliphatic heterocycles. The van der Waals surface area contributed by atoms with Gasteiger partial charge in [0.2, 0.25) is 0 Å². The Morgan fingerprint density at radius 3 is 1.51 bits per heavy atom. The number of fused-ring (bicyclic) bond motifs is 12. The van der Waals surface area contributed by atoms with E-state index in [1.54, 1.807) is 11.1 Å². The molecular formula is C62H51N. The minimum Gasteiger partial charge on any atom is -0.310 e. The van der Waals surface area contributed by atoms with Gasteiger partial charge < -0.3 is 4.90 Å². The first-order valence-electron chi connectivity index (χ1n) is 23.6. The molecule has 63 heavy (non-hydrogen) atoms. The summed E-state index contributed by atoms with van der Waals surface area (Å²) < 4.78 is 0. The van der Waals surface area contributed by atoms with Crippen LogP contribution in [0.1, 0.15) is 90.5 Å². The Morgan fingerprint density at radius 1 is 0.365 bits per heavy atom. The summed E-state index contributed by atoms with van der Waals surface area (Å²) >= 11 is 0. The van der Waals surface area contributed by atoms with E-state index in [-0.39, 0.29) is 10.8 Å². The lowest BCUT2D eigenvalue weighted by Crippen LogP contribution is -2.55. The van der Waals surface area contributed by atoms with Gasteiger partial charge in [0.25, 0.3) is 0 Å². The number of benzene rings is 8. The summed E-state index contributed by atoms with van der Waals surface area (Å²) in [7, 11) is 0. The Balaban J connectivity index is 1.03. The number of para-hydroxylation sites is 1. The predicted molar refractivity (Wildman–Crippen MR) is 259 cm³/mol. The van der Waals surface area contributed by atoms with Crippen molar-refractivity contribution in [2.24, 2.45) is 23.7 Å². The third-order valence-corrected chi connectivity index (χ3v) is 17.3. The van der Waals surface area contributed by atoms with Crippen LogP contribution < -0.4 is 4.90 Å². The SMILES string of the molecule is CC1(C)c2ccccc2C2(c3ccccc3-c3ccc(N(c4ccc5c(c4)-c4ccccc4C54C5CC6CC(C5)CC4C6)c4ccccc4-c4ccccc4)cc32)c2ccccc21. The van der Waals surface area contributed by atoms with E-state index >= 15 is 0 Å². The lowest BCUT2D eigenvalue weighted by atomic mass is 9.43. The van der Waals surface area contributed by atoms with Crippen LogP contribution in [0.5, 0.6) is 0 Å². The summed E-state index contributed by atoms with van der Waals surface area (Å²) in [6.07, 6.45) is 7.03. The van der Waals surface area contributed by atoms with E-state index in [9.17, 15) is 0 Å². The van der Waals surface area contributed by atoms with E-state index in [0.717, 1.165) is 23.7 Å². The van der Waals surface area contributed by atoms with Gasteiger partial charge in [0.1, 0.15) is 0 Å². The first-order valence-corrected chi connectivity index (χ1v) is 23.6. The third-order valence-electron chi connectivity index (χ3n) is 17.3. The average Bonchev–Trinajstić information content (AvgIpc) is 3.78. The van der Waals surface area contributed by atoms with Crippen molar-refractivity contribution in [2.75, 3.05) is 4.90 Å². The second-order valence-electron chi connectivity index (χ2n) is 20.4. The van der Waals surface area contributed by atoms with Crippen molar-refractivity contribution in [3.8, 4) is 33.4 Å². The standard InChI is InChI=1S/C62H51N/c1-60(2)54-23-11-13-25-56(54)62(57-26-14-12-24-55(57)60)52-22-10-6-19-47(52)49-30-28-45(38-58(49)62)63(59-27-15-8-18-46(59)41-16-4-3-5-17-41)44-29-31-53-50(37-44)48-20-7-9-21-51(48)61(53)42-33-39-32-40(35-42)36-43(61)34-39/h3-31,37-40,42-43H,32-36H2,1-2H3. The van der Waals surface area contributed by atoms with E-state index in [2.05, 4.69) is 207 Å². The predicted octanol–water partition coefficient (Wildman–Crippen LogP) is 15.5. The Morgan fingerprint density at radius 2 is 0.841 bits per heavy atom. The molecule has 0 radical (unpaired) electrons. The van der Waals surface area contributed by atoms with Crippen molar-refractivity contribution >= 4 is 17.1 Å². The smallest absolute Gasteiger partial charge is 0.0720 e. The average molecular weight is 810 g/mol. The van der Waals surface area contributed by atoms with E-state index in [1.807, 2.05) is 0 Å². The van der Waals surface area contributed by atoms with Crippen LogP contribution in [-0.4, -0.2) is 0 Å². The Kier molecular flexibility index (Phi) is 7.35. The molecule has 7 aliphatic carbocycles. The minimum atomic E-state index is -0.474. The molecule has 0 saturated heterocycles. The van der Waals surface area contributed by atoms with Crippen molar-refractivity contribution in [3.05, 3.63) is 233 Å². The zero-order chi connectivity index (χ0) is 41.7. The van der Waals surface area contributed by atoms with Gasteiger partial charge in [-0.05, 0) is 158 Å². The topological polar surface area (TPSA) is 3.24 Å². The number of hydrogen-bond donors (Lipinski definition) is 0. The maximum atomic E-state index is 2.59. The molecule has 1 heteroatoms. The summed E-state index contributed by atoms with van der Waals surface area (Å²) in [5, 5.41) is 0. The van der Waals surface area contributed by atoms with Gasteiger partial charge in [0.15, 0.2) is 0 Å². The van der Waals surface area contributed by atoms with Gasteiger partial charge in [-0.2, -0.15) is 0 Å². The van der Waals surface area contributed by atoms with E-state index in [0.29, 0.717) is 0 Å². The summed E-state index contributed by atoms with van der Waals surface area (Å²) in [5.74, 6) is 3.30. The molecular weight excluding hydrogens is 759 g/mol. The van der Waals surface area contributed by atoms with Gasteiger partial charge in [-0.15, -0.1) is 0 Å². The summed E-state index contributed by atoms with van der Waals surface area (Å²) in [6, 6.07) is 72.5. The molecule has 0 aromatic heterocycles. The normalized spacial score (nSPS) is 24.0. The molecule has 1 nitrogen and oxygen atoms in total. The van der Waals surface area contributed by atoms with Crippen LogP contribution in [-0.2, 0) is 16.2 Å². The quantitative estimate of drug-likeness (QED) is 0.171. The molecule has 0 atom stereocenters. The molecule has 0 amide bonds. The highest BCUT2D eigenvalue weighted by Gasteiger charge is 2.61. The van der Waals surface area contributed by atoms with Crippen molar-refractivity contribution in [3.63, 3.8) is 0 Å². The van der Waals surface area contributed by atoms with Crippen LogP contribution in [0.25, 0.3) is 33.4 Å². The fourth-order valence-corrected chi connectivity index (χ4v) is 15.2. The van der Waals surface area contributed by atoms with Crippen LogP contribution >= 0.6 is 0 Å². The number of nitrogens with zero attached hydrogens (tertiary/aromatic N) is 1. The molecule has 0 heterocycles. The Bertz CT molecular complexity index is 3110. The van der Waals surface area contributed by atoms with Crippen LogP contribution in [0.3, 0.4) is 0 Å². The zero-order valence-corrected chi connectivity index (χ0v) is 36.2. The molecule has 4 bridgehead atoms. The Hall–Kier alpha value is -6.44. The van der Waals surface area contributed by atoms with Gasteiger partial charge in [0.05, 0.1) is 11.1 Å². The maximum absolute atomic E-state index is 2.59. The van der Waals surface area contributed by atoms with Gasteiger partial charge in [-0.3, -0.25) is 0 Å². The summed E-state index contributed by atoms with van der Waals surface area (Å²) in [4.78, 5) is 2.59. The minimum absolute atomic E-state index is 0.131. The summed E-state index contributed by atoms with van der Waals surface area (Å²) in [5.41, 5.74) is 22.6. The van der Waals surface area contributed by atoms with Crippen molar-refractivity contribution in [1.82, 2.24) is 0 Å². The molecule has 304 valence electrons. The molecule has 8 aromatic carbocycles. The molecule has 15 rings (SSSR count).